The van der Waals surface area contributed by atoms with Crippen molar-refractivity contribution in [1.82, 2.24) is 0 Å². The second-order valence-corrected chi connectivity index (χ2v) is 3.14. The van der Waals surface area contributed by atoms with Crippen molar-refractivity contribution in [3.05, 3.63) is 29.8 Å². The number of carbonyl (C=O) groups is 1. The quantitative estimate of drug-likeness (QED) is 0.645. The normalized spacial score (nSPS) is 10.1. The van der Waals surface area contributed by atoms with E-state index < -0.39 is 5.91 Å². The van der Waals surface area contributed by atoms with E-state index in [0.717, 1.165) is 0 Å². The molecule has 0 bridgehead atoms. The molecule has 16 heavy (non-hydrogen) atoms. The Hall–Kier alpha value is -1.59. The minimum absolute atomic E-state index is 0.419. The standard InChI is InChI=1S/C11H16N2O3/c12-4-5-15-6-7-16-10-3-1-2-9(8-10)11(13)14/h1-3,8H,4-7,12H2,(H2,13,14). The summed E-state index contributed by atoms with van der Waals surface area (Å²) in [4.78, 5) is 10.9. The Kier molecular flexibility index (Phi) is 5.31. The first-order valence-electron chi connectivity index (χ1n) is 5.04. The summed E-state index contributed by atoms with van der Waals surface area (Å²) in [6.45, 7) is 1.90. The lowest BCUT2D eigenvalue weighted by Crippen LogP contribution is -2.14. The maximum absolute atomic E-state index is 10.9. The number of amides is 1. The van der Waals surface area contributed by atoms with Crippen molar-refractivity contribution < 1.29 is 14.3 Å². The Balaban J connectivity index is 2.36. The molecule has 0 saturated heterocycles. The number of ether oxygens (including phenoxy) is 2. The van der Waals surface area contributed by atoms with Crippen molar-refractivity contribution in [3.63, 3.8) is 0 Å². The lowest BCUT2D eigenvalue weighted by atomic mass is 10.2. The smallest absolute Gasteiger partial charge is 0.248 e. The van der Waals surface area contributed by atoms with E-state index in [-0.39, 0.29) is 0 Å². The van der Waals surface area contributed by atoms with Gasteiger partial charge < -0.3 is 20.9 Å². The van der Waals surface area contributed by atoms with Gasteiger partial charge in [-0.1, -0.05) is 6.07 Å². The number of primary amides is 1. The molecule has 4 N–H and O–H groups in total. The average Bonchev–Trinajstić information content (AvgIpc) is 2.29. The highest BCUT2D eigenvalue weighted by Gasteiger charge is 2.01. The molecule has 0 aliphatic rings. The highest BCUT2D eigenvalue weighted by atomic mass is 16.5. The van der Waals surface area contributed by atoms with Crippen LogP contribution in [0, 0.1) is 0 Å². The zero-order valence-corrected chi connectivity index (χ0v) is 9.02. The average molecular weight is 224 g/mol. The molecule has 5 heteroatoms. The van der Waals surface area contributed by atoms with Crippen LogP contribution in [0.2, 0.25) is 0 Å². The number of rotatable bonds is 7. The molecule has 0 fully saturated rings. The van der Waals surface area contributed by atoms with Crippen LogP contribution < -0.4 is 16.2 Å². The van der Waals surface area contributed by atoms with E-state index in [2.05, 4.69) is 0 Å². The van der Waals surface area contributed by atoms with Gasteiger partial charge in [0.2, 0.25) is 5.91 Å². The molecule has 0 aromatic heterocycles. The number of hydrogen-bond acceptors (Lipinski definition) is 4. The summed E-state index contributed by atoms with van der Waals surface area (Å²) in [5.74, 6) is 0.137. The van der Waals surface area contributed by atoms with Crippen molar-refractivity contribution in [2.24, 2.45) is 11.5 Å². The molecule has 5 nitrogen and oxygen atoms in total. The van der Waals surface area contributed by atoms with Crippen LogP contribution in [0.3, 0.4) is 0 Å². The van der Waals surface area contributed by atoms with Gasteiger partial charge in [0.25, 0.3) is 0 Å². The van der Waals surface area contributed by atoms with Crippen molar-refractivity contribution in [2.45, 2.75) is 0 Å². The van der Waals surface area contributed by atoms with Crippen molar-refractivity contribution in [3.8, 4) is 5.75 Å². The van der Waals surface area contributed by atoms with Crippen molar-refractivity contribution in [1.29, 1.82) is 0 Å². The summed E-state index contributed by atoms with van der Waals surface area (Å²) >= 11 is 0. The largest absolute Gasteiger partial charge is 0.491 e. The van der Waals surface area contributed by atoms with Crippen LogP contribution in [0.1, 0.15) is 10.4 Å². The SMILES string of the molecule is NCCOCCOc1cccc(C(N)=O)c1. The van der Waals surface area contributed by atoms with Gasteiger partial charge in [0, 0.05) is 12.1 Å². The summed E-state index contributed by atoms with van der Waals surface area (Å²) in [6.07, 6.45) is 0. The molecular weight excluding hydrogens is 208 g/mol. The van der Waals surface area contributed by atoms with Gasteiger partial charge in [0.05, 0.1) is 13.2 Å². The first kappa shape index (κ1) is 12.5. The molecule has 0 radical (unpaired) electrons. The molecule has 0 aliphatic heterocycles. The highest BCUT2D eigenvalue weighted by molar-refractivity contribution is 5.93. The fraction of sp³-hybridized carbons (Fsp3) is 0.364. The first-order chi connectivity index (χ1) is 7.74. The van der Waals surface area contributed by atoms with Crippen LogP contribution in [0.15, 0.2) is 24.3 Å². The zero-order chi connectivity index (χ0) is 11.8. The Labute approximate surface area is 94.3 Å². The second-order valence-electron chi connectivity index (χ2n) is 3.14. The van der Waals surface area contributed by atoms with E-state index in [1.807, 2.05) is 0 Å². The van der Waals surface area contributed by atoms with Crippen LogP contribution in [-0.2, 0) is 4.74 Å². The van der Waals surface area contributed by atoms with E-state index in [4.69, 9.17) is 20.9 Å². The molecular formula is C11H16N2O3. The Bertz CT molecular complexity index is 342. The summed E-state index contributed by atoms with van der Waals surface area (Å²) in [7, 11) is 0. The molecule has 0 heterocycles. The van der Waals surface area contributed by atoms with Gasteiger partial charge in [-0.2, -0.15) is 0 Å². The second kappa shape index (κ2) is 6.81. The van der Waals surface area contributed by atoms with Gasteiger partial charge in [-0.3, -0.25) is 4.79 Å². The van der Waals surface area contributed by atoms with Crippen molar-refractivity contribution >= 4 is 5.91 Å². The van der Waals surface area contributed by atoms with Crippen LogP contribution >= 0.6 is 0 Å². The minimum atomic E-state index is -0.468. The van der Waals surface area contributed by atoms with Crippen molar-refractivity contribution in [2.75, 3.05) is 26.4 Å². The van der Waals surface area contributed by atoms with Gasteiger partial charge in [-0.05, 0) is 18.2 Å². The molecule has 1 rings (SSSR count). The molecule has 1 aromatic carbocycles. The van der Waals surface area contributed by atoms with E-state index in [1.54, 1.807) is 24.3 Å². The minimum Gasteiger partial charge on any atom is -0.491 e. The Morgan fingerprint density at radius 2 is 2.06 bits per heavy atom. The third kappa shape index (κ3) is 4.29. The van der Waals surface area contributed by atoms with Gasteiger partial charge in [0.15, 0.2) is 0 Å². The molecule has 0 spiro atoms. The number of carbonyl (C=O) groups excluding carboxylic acids is 1. The van der Waals surface area contributed by atoms with E-state index in [1.165, 1.54) is 0 Å². The lowest BCUT2D eigenvalue weighted by molar-refractivity contribution is 0.0997. The number of hydrogen-bond donors (Lipinski definition) is 2. The van der Waals surface area contributed by atoms with E-state index in [0.29, 0.717) is 37.7 Å². The summed E-state index contributed by atoms with van der Waals surface area (Å²) < 4.78 is 10.5. The van der Waals surface area contributed by atoms with Crippen LogP contribution in [0.4, 0.5) is 0 Å². The molecule has 0 unspecified atom stereocenters. The monoisotopic (exact) mass is 224 g/mol. The Morgan fingerprint density at radius 1 is 1.25 bits per heavy atom. The predicted octanol–water partition coefficient (Wildman–Crippen LogP) is 0.140. The molecule has 1 aromatic rings. The zero-order valence-electron chi connectivity index (χ0n) is 9.02. The molecule has 1 amide bonds. The van der Waals surface area contributed by atoms with Crippen LogP contribution in [0.25, 0.3) is 0 Å². The maximum atomic E-state index is 10.9. The fourth-order valence-electron chi connectivity index (χ4n) is 1.14. The van der Waals surface area contributed by atoms with Crippen LogP contribution in [0.5, 0.6) is 5.75 Å². The highest BCUT2D eigenvalue weighted by Crippen LogP contribution is 2.12. The lowest BCUT2D eigenvalue weighted by Gasteiger charge is -2.07. The molecule has 0 atom stereocenters. The predicted molar refractivity (Wildman–Crippen MR) is 60.3 cm³/mol. The number of benzene rings is 1. The van der Waals surface area contributed by atoms with Gasteiger partial charge in [0.1, 0.15) is 12.4 Å². The Morgan fingerprint density at radius 3 is 2.75 bits per heavy atom. The van der Waals surface area contributed by atoms with E-state index >= 15 is 0 Å². The van der Waals surface area contributed by atoms with Gasteiger partial charge >= 0.3 is 0 Å². The topological polar surface area (TPSA) is 87.6 Å². The van der Waals surface area contributed by atoms with Gasteiger partial charge in [-0.25, -0.2) is 0 Å². The third-order valence-electron chi connectivity index (χ3n) is 1.88. The summed E-state index contributed by atoms with van der Waals surface area (Å²) in [6, 6.07) is 6.72. The number of nitrogens with two attached hydrogens (primary N) is 2. The first-order valence-corrected chi connectivity index (χ1v) is 5.04. The molecule has 0 aliphatic carbocycles. The van der Waals surface area contributed by atoms with Crippen LogP contribution in [-0.4, -0.2) is 32.3 Å². The third-order valence-corrected chi connectivity index (χ3v) is 1.88. The molecule has 88 valence electrons. The van der Waals surface area contributed by atoms with Gasteiger partial charge in [-0.15, -0.1) is 0 Å². The summed E-state index contributed by atoms with van der Waals surface area (Å²) in [5.41, 5.74) is 10.8. The fourth-order valence-corrected chi connectivity index (χ4v) is 1.14. The summed E-state index contributed by atoms with van der Waals surface area (Å²) in [5, 5.41) is 0. The molecule has 0 saturated carbocycles. The van der Waals surface area contributed by atoms with E-state index in [9.17, 15) is 4.79 Å². The maximum Gasteiger partial charge on any atom is 0.248 e.